The van der Waals surface area contributed by atoms with Crippen LogP contribution in [0, 0.1) is 5.92 Å². The standard InChI is InChI=1S/C33H42N6O6/c1-30(2,3)44-28(42)36-22-17-33(20-9-7-13-34-24(20)38-26(22)40)15-19(33)18-39-25-21(10-8-14-35-25)32(11-12-32)16-23(27(39)41)37-29(43)45-31(4,5)6/h7-10,13-14,19,22-23H,11-12,15-18H2,1-6H3,(H,36,42)(H,37,43)(H,34,38,40). The molecule has 2 aromatic rings. The molecule has 4 atom stereocenters. The fourth-order valence-corrected chi connectivity index (χ4v) is 6.93. The van der Waals surface area contributed by atoms with E-state index in [9.17, 15) is 19.2 Å². The van der Waals surface area contributed by atoms with Crippen LogP contribution in [0.4, 0.5) is 21.2 Å². The normalized spacial score (nSPS) is 26.5. The fourth-order valence-electron chi connectivity index (χ4n) is 6.93. The van der Waals surface area contributed by atoms with Crippen molar-refractivity contribution in [1.82, 2.24) is 20.6 Å². The molecule has 12 heteroatoms. The highest BCUT2D eigenvalue weighted by Crippen LogP contribution is 2.61. The zero-order valence-electron chi connectivity index (χ0n) is 26.7. The van der Waals surface area contributed by atoms with Gasteiger partial charge in [0.1, 0.15) is 34.9 Å². The number of aromatic nitrogens is 2. The van der Waals surface area contributed by atoms with Gasteiger partial charge in [-0.25, -0.2) is 19.6 Å². The first-order chi connectivity index (χ1) is 21.1. The Balaban J connectivity index is 1.31. The third-order valence-corrected chi connectivity index (χ3v) is 9.11. The minimum absolute atomic E-state index is 0.0784. The summed E-state index contributed by atoms with van der Waals surface area (Å²) in [4.78, 5) is 64.2. The number of pyridine rings is 2. The zero-order chi connectivity index (χ0) is 32.4. The third-order valence-electron chi connectivity index (χ3n) is 9.11. The summed E-state index contributed by atoms with van der Waals surface area (Å²) in [5, 5.41) is 8.51. The molecule has 2 fully saturated rings. The lowest BCUT2D eigenvalue weighted by Gasteiger charge is -2.28. The van der Waals surface area contributed by atoms with E-state index in [-0.39, 0.29) is 23.1 Å². The highest BCUT2D eigenvalue weighted by molar-refractivity contribution is 6.00. The fraction of sp³-hybridized carbons (Fsp3) is 0.576. The van der Waals surface area contributed by atoms with Crippen molar-refractivity contribution in [3.63, 3.8) is 0 Å². The second kappa shape index (κ2) is 10.7. The Morgan fingerprint density at radius 1 is 0.889 bits per heavy atom. The highest BCUT2D eigenvalue weighted by atomic mass is 16.6. The number of rotatable bonds is 4. The van der Waals surface area contributed by atoms with Gasteiger partial charge in [-0.2, -0.15) is 0 Å². The van der Waals surface area contributed by atoms with Crippen molar-refractivity contribution in [1.29, 1.82) is 0 Å². The molecule has 2 aliphatic carbocycles. The average Bonchev–Trinajstić information content (AvgIpc) is 3.85. The van der Waals surface area contributed by atoms with Gasteiger partial charge in [0.15, 0.2) is 0 Å². The molecule has 0 aromatic carbocycles. The maximum Gasteiger partial charge on any atom is 0.408 e. The van der Waals surface area contributed by atoms with E-state index in [1.807, 2.05) is 24.3 Å². The van der Waals surface area contributed by atoms with Gasteiger partial charge in [-0.15, -0.1) is 0 Å². The smallest absolute Gasteiger partial charge is 0.408 e. The number of amides is 4. The number of hydrogen-bond donors (Lipinski definition) is 3. The molecule has 2 saturated carbocycles. The summed E-state index contributed by atoms with van der Waals surface area (Å²) in [7, 11) is 0. The van der Waals surface area contributed by atoms with Crippen LogP contribution < -0.4 is 20.9 Å². The SMILES string of the molecule is CC(C)(C)OC(=O)NC1CC2(CC2CN2C(=O)C(NC(=O)OC(C)(C)C)CC3(CC3)c3cccnc32)c2cccnc2NC1=O. The second-order valence-electron chi connectivity index (χ2n) is 14.9. The van der Waals surface area contributed by atoms with Crippen LogP contribution in [0.25, 0.3) is 0 Å². The lowest BCUT2D eigenvalue weighted by atomic mass is 9.87. The van der Waals surface area contributed by atoms with E-state index in [4.69, 9.17) is 14.5 Å². The number of nitrogens with one attached hydrogen (secondary N) is 3. The van der Waals surface area contributed by atoms with Gasteiger partial charge < -0.3 is 25.4 Å². The monoisotopic (exact) mass is 618 g/mol. The van der Waals surface area contributed by atoms with Crippen LogP contribution in [-0.2, 0) is 29.9 Å². The van der Waals surface area contributed by atoms with Crippen molar-refractivity contribution in [3.05, 3.63) is 47.8 Å². The van der Waals surface area contributed by atoms with Gasteiger partial charge in [-0.05, 0) is 91.7 Å². The lowest BCUT2D eigenvalue weighted by molar-refractivity contribution is -0.121. The van der Waals surface area contributed by atoms with E-state index < -0.39 is 40.9 Å². The Morgan fingerprint density at radius 2 is 1.49 bits per heavy atom. The molecule has 0 saturated heterocycles. The minimum atomic E-state index is -0.874. The van der Waals surface area contributed by atoms with Gasteiger partial charge in [0.2, 0.25) is 5.91 Å². The van der Waals surface area contributed by atoms with E-state index in [0.717, 1.165) is 24.0 Å². The maximum absolute atomic E-state index is 14.3. The number of carbonyl (C=O) groups is 4. The second-order valence-corrected chi connectivity index (χ2v) is 14.9. The molecule has 2 aromatic heterocycles. The van der Waals surface area contributed by atoms with E-state index in [2.05, 4.69) is 20.9 Å². The predicted octanol–water partition coefficient (Wildman–Crippen LogP) is 4.33. The van der Waals surface area contributed by atoms with Crippen LogP contribution in [0.3, 0.4) is 0 Å². The first-order valence-corrected chi connectivity index (χ1v) is 15.6. The Labute approximate surface area is 263 Å². The Kier molecular flexibility index (Phi) is 7.32. The molecule has 240 valence electrons. The van der Waals surface area contributed by atoms with Crippen molar-refractivity contribution in [2.24, 2.45) is 5.92 Å². The summed E-state index contributed by atoms with van der Waals surface area (Å²) in [5.74, 6) is 0.349. The molecule has 0 radical (unpaired) electrons. The number of carbonyl (C=O) groups excluding carboxylic acids is 4. The molecule has 2 aliphatic heterocycles. The Bertz CT molecular complexity index is 1540. The molecule has 4 heterocycles. The number of alkyl carbamates (subject to hydrolysis) is 2. The summed E-state index contributed by atoms with van der Waals surface area (Å²) in [6.07, 6.45) is 5.22. The largest absolute Gasteiger partial charge is 0.444 e. The summed E-state index contributed by atoms with van der Waals surface area (Å²) in [6, 6.07) is 6.03. The van der Waals surface area contributed by atoms with E-state index in [0.29, 0.717) is 37.4 Å². The summed E-state index contributed by atoms with van der Waals surface area (Å²) >= 11 is 0. The molecule has 12 nitrogen and oxygen atoms in total. The molecule has 6 rings (SSSR count). The molecule has 2 spiro atoms. The van der Waals surface area contributed by atoms with Gasteiger partial charge in [0.05, 0.1) is 0 Å². The van der Waals surface area contributed by atoms with E-state index in [1.54, 1.807) is 58.8 Å². The van der Waals surface area contributed by atoms with Crippen molar-refractivity contribution < 1.29 is 28.7 Å². The van der Waals surface area contributed by atoms with Crippen molar-refractivity contribution in [2.45, 2.75) is 108 Å². The van der Waals surface area contributed by atoms with Crippen molar-refractivity contribution in [2.75, 3.05) is 16.8 Å². The Morgan fingerprint density at radius 3 is 2.11 bits per heavy atom. The van der Waals surface area contributed by atoms with Crippen LogP contribution in [0.1, 0.15) is 84.8 Å². The summed E-state index contributed by atoms with van der Waals surface area (Å²) in [6.45, 7) is 11.0. The van der Waals surface area contributed by atoms with E-state index in [1.165, 1.54) is 0 Å². The van der Waals surface area contributed by atoms with Crippen LogP contribution in [0.2, 0.25) is 0 Å². The van der Waals surface area contributed by atoms with Crippen molar-refractivity contribution >= 4 is 35.6 Å². The molecule has 45 heavy (non-hydrogen) atoms. The third kappa shape index (κ3) is 6.19. The van der Waals surface area contributed by atoms with Gasteiger partial charge in [0, 0.05) is 40.9 Å². The first-order valence-electron chi connectivity index (χ1n) is 15.6. The molecule has 4 unspecified atom stereocenters. The van der Waals surface area contributed by atoms with Crippen molar-refractivity contribution in [3.8, 4) is 0 Å². The highest BCUT2D eigenvalue weighted by Gasteiger charge is 2.61. The number of hydrogen-bond acceptors (Lipinski definition) is 8. The molecule has 3 N–H and O–H groups in total. The number of ether oxygens (including phenoxy) is 2. The number of anilines is 2. The molecule has 4 aliphatic rings. The quantitative estimate of drug-likeness (QED) is 0.458. The van der Waals surface area contributed by atoms with Gasteiger partial charge >= 0.3 is 12.2 Å². The van der Waals surface area contributed by atoms with Gasteiger partial charge in [0.25, 0.3) is 5.91 Å². The topological polar surface area (TPSA) is 152 Å². The van der Waals surface area contributed by atoms with Crippen LogP contribution >= 0.6 is 0 Å². The minimum Gasteiger partial charge on any atom is -0.444 e. The van der Waals surface area contributed by atoms with Gasteiger partial charge in [-0.1, -0.05) is 12.1 Å². The predicted molar refractivity (Wildman–Crippen MR) is 166 cm³/mol. The van der Waals surface area contributed by atoms with E-state index >= 15 is 0 Å². The molecule has 4 amide bonds. The first kappa shape index (κ1) is 30.8. The zero-order valence-corrected chi connectivity index (χ0v) is 26.7. The lowest BCUT2D eigenvalue weighted by Crippen LogP contribution is -2.50. The van der Waals surface area contributed by atoms with Crippen LogP contribution in [-0.4, -0.2) is 63.8 Å². The summed E-state index contributed by atoms with van der Waals surface area (Å²) < 4.78 is 11.0. The number of nitrogens with zero attached hydrogens (tertiary/aromatic N) is 3. The van der Waals surface area contributed by atoms with Gasteiger partial charge in [-0.3, -0.25) is 14.5 Å². The summed E-state index contributed by atoms with van der Waals surface area (Å²) in [5.41, 5.74) is -0.364. The number of fused-ring (bicyclic) bond motifs is 4. The molecular formula is C33H42N6O6. The Hall–Kier alpha value is -4.22. The maximum atomic E-state index is 14.3. The molecular weight excluding hydrogens is 576 g/mol. The molecule has 0 bridgehead atoms. The van der Waals surface area contributed by atoms with Crippen LogP contribution in [0.15, 0.2) is 36.7 Å². The van der Waals surface area contributed by atoms with Crippen LogP contribution in [0.5, 0.6) is 0 Å². The average molecular weight is 619 g/mol.